The summed E-state index contributed by atoms with van der Waals surface area (Å²) in [5.74, 6) is -1.67. The van der Waals surface area contributed by atoms with E-state index in [1.807, 2.05) is 0 Å². The number of rotatable bonds is 1. The van der Waals surface area contributed by atoms with Crippen LogP contribution in [0.1, 0.15) is 12.8 Å². The smallest absolute Gasteiger partial charge is 0.288 e. The van der Waals surface area contributed by atoms with Crippen molar-refractivity contribution < 1.29 is 14.8 Å². The van der Waals surface area contributed by atoms with Gasteiger partial charge in [-0.05, 0) is 12.8 Å². The predicted molar refractivity (Wildman–Crippen MR) is 41.0 cm³/mol. The number of ketones is 1. The third-order valence-electron chi connectivity index (χ3n) is 1.78. The third-order valence-corrected chi connectivity index (χ3v) is 1.78. The van der Waals surface area contributed by atoms with Crippen LogP contribution in [-0.2, 0) is 9.59 Å². The monoisotopic (exact) mass is 170 g/mol. The van der Waals surface area contributed by atoms with Crippen LogP contribution in [-0.4, -0.2) is 29.7 Å². The van der Waals surface area contributed by atoms with Crippen molar-refractivity contribution in [1.82, 2.24) is 5.32 Å². The minimum Gasteiger partial charge on any atom is -0.411 e. The molecule has 5 nitrogen and oxygen atoms in total. The van der Waals surface area contributed by atoms with Crippen LogP contribution >= 0.6 is 0 Å². The Morgan fingerprint density at radius 3 is 3.00 bits per heavy atom. The molecule has 1 amide bonds. The minimum absolute atomic E-state index is 0.514. The third kappa shape index (κ3) is 1.81. The molecule has 1 aliphatic rings. The van der Waals surface area contributed by atoms with E-state index in [9.17, 15) is 9.59 Å². The van der Waals surface area contributed by atoms with Gasteiger partial charge in [0, 0.05) is 6.54 Å². The SMILES string of the molecule is O=C1NCCCC(/C=N/O)C1=O. The normalized spacial score (nSPS) is 25.5. The summed E-state index contributed by atoms with van der Waals surface area (Å²) in [5.41, 5.74) is 0. The molecule has 1 heterocycles. The maximum atomic E-state index is 11.1. The molecule has 0 aromatic rings. The lowest BCUT2D eigenvalue weighted by atomic mass is 10.0. The first-order valence-electron chi connectivity index (χ1n) is 3.75. The first-order valence-corrected chi connectivity index (χ1v) is 3.75. The van der Waals surface area contributed by atoms with Gasteiger partial charge in [-0.25, -0.2) is 0 Å². The highest BCUT2D eigenvalue weighted by Crippen LogP contribution is 2.08. The number of amides is 1. The van der Waals surface area contributed by atoms with Gasteiger partial charge in [0.05, 0.1) is 12.1 Å². The molecule has 1 fully saturated rings. The Balaban J connectivity index is 2.71. The number of hydrogen-bond donors (Lipinski definition) is 2. The summed E-state index contributed by atoms with van der Waals surface area (Å²) in [4.78, 5) is 22.0. The van der Waals surface area contributed by atoms with Gasteiger partial charge < -0.3 is 10.5 Å². The van der Waals surface area contributed by atoms with E-state index in [4.69, 9.17) is 5.21 Å². The zero-order chi connectivity index (χ0) is 8.97. The number of nitrogens with zero attached hydrogens (tertiary/aromatic N) is 1. The molecule has 0 aromatic carbocycles. The molecule has 0 aromatic heterocycles. The highest BCUT2D eigenvalue weighted by molar-refractivity contribution is 6.39. The quantitative estimate of drug-likeness (QED) is 0.242. The average molecular weight is 170 g/mol. The number of carbonyl (C=O) groups excluding carboxylic acids is 2. The molecule has 0 bridgehead atoms. The van der Waals surface area contributed by atoms with Gasteiger partial charge in [0.15, 0.2) is 0 Å². The molecule has 0 aliphatic carbocycles. The van der Waals surface area contributed by atoms with E-state index in [1.165, 1.54) is 0 Å². The number of hydrogen-bond acceptors (Lipinski definition) is 4. The van der Waals surface area contributed by atoms with Crippen LogP contribution in [0, 0.1) is 5.92 Å². The molecule has 2 N–H and O–H groups in total. The van der Waals surface area contributed by atoms with Crippen LogP contribution in [0.2, 0.25) is 0 Å². The fourth-order valence-corrected chi connectivity index (χ4v) is 1.13. The second-order valence-electron chi connectivity index (χ2n) is 2.63. The van der Waals surface area contributed by atoms with Crippen LogP contribution in [0.15, 0.2) is 5.16 Å². The standard InChI is InChI=1S/C7H10N2O3/c10-6-5(4-9-12)2-1-3-8-7(6)11/h4-5,12H,1-3H2,(H,8,11)/b9-4+. The zero-order valence-corrected chi connectivity index (χ0v) is 6.49. The van der Waals surface area contributed by atoms with Crippen LogP contribution in [0.25, 0.3) is 0 Å². The van der Waals surface area contributed by atoms with Crippen LogP contribution in [0.4, 0.5) is 0 Å². The van der Waals surface area contributed by atoms with Crippen molar-refractivity contribution in [2.24, 2.45) is 11.1 Å². The van der Waals surface area contributed by atoms with Crippen molar-refractivity contribution in [3.05, 3.63) is 0 Å². The highest BCUT2D eigenvalue weighted by atomic mass is 16.4. The summed E-state index contributed by atoms with van der Waals surface area (Å²) in [6.45, 7) is 0.514. The maximum Gasteiger partial charge on any atom is 0.288 e. The molecule has 1 atom stereocenters. The number of carbonyl (C=O) groups is 2. The molecule has 0 radical (unpaired) electrons. The van der Waals surface area contributed by atoms with Gasteiger partial charge in [-0.1, -0.05) is 0 Å². The average Bonchev–Trinajstić information content (AvgIpc) is 2.20. The van der Waals surface area contributed by atoms with Crippen molar-refractivity contribution in [3.63, 3.8) is 0 Å². The summed E-state index contributed by atoms with van der Waals surface area (Å²) in [6, 6.07) is 0. The van der Waals surface area contributed by atoms with Crippen molar-refractivity contribution in [3.8, 4) is 0 Å². The summed E-state index contributed by atoms with van der Waals surface area (Å²) < 4.78 is 0. The maximum absolute atomic E-state index is 11.1. The van der Waals surface area contributed by atoms with Crippen LogP contribution in [0.3, 0.4) is 0 Å². The Hall–Kier alpha value is -1.39. The Morgan fingerprint density at radius 2 is 2.33 bits per heavy atom. The van der Waals surface area contributed by atoms with E-state index in [1.54, 1.807) is 0 Å². The van der Waals surface area contributed by atoms with Gasteiger partial charge >= 0.3 is 0 Å². The number of oxime groups is 1. The second kappa shape index (κ2) is 3.85. The van der Waals surface area contributed by atoms with E-state index in [-0.39, 0.29) is 0 Å². The van der Waals surface area contributed by atoms with Gasteiger partial charge in [-0.2, -0.15) is 0 Å². The van der Waals surface area contributed by atoms with Crippen molar-refractivity contribution in [1.29, 1.82) is 0 Å². The number of nitrogens with one attached hydrogen (secondary N) is 1. The Labute approximate surface area is 69.4 Å². The molecular formula is C7H10N2O3. The lowest BCUT2D eigenvalue weighted by Gasteiger charge is -2.01. The second-order valence-corrected chi connectivity index (χ2v) is 2.63. The van der Waals surface area contributed by atoms with E-state index in [0.29, 0.717) is 13.0 Å². The molecular weight excluding hydrogens is 160 g/mol. The topological polar surface area (TPSA) is 78.8 Å². The van der Waals surface area contributed by atoms with Crippen molar-refractivity contribution in [2.45, 2.75) is 12.8 Å². The van der Waals surface area contributed by atoms with Gasteiger partial charge in [-0.3, -0.25) is 9.59 Å². The molecule has 12 heavy (non-hydrogen) atoms. The summed E-state index contributed by atoms with van der Waals surface area (Å²) in [6.07, 6.45) is 2.39. The predicted octanol–water partition coefficient (Wildman–Crippen LogP) is -0.458. The molecule has 0 saturated carbocycles. The van der Waals surface area contributed by atoms with E-state index in [2.05, 4.69) is 10.5 Å². The van der Waals surface area contributed by atoms with E-state index < -0.39 is 17.6 Å². The summed E-state index contributed by atoms with van der Waals surface area (Å²) >= 11 is 0. The Morgan fingerprint density at radius 1 is 1.58 bits per heavy atom. The Kier molecular flexibility index (Phi) is 2.79. The fourth-order valence-electron chi connectivity index (χ4n) is 1.13. The van der Waals surface area contributed by atoms with Crippen molar-refractivity contribution >= 4 is 17.9 Å². The van der Waals surface area contributed by atoms with Gasteiger partial charge in [0.2, 0.25) is 5.78 Å². The summed E-state index contributed by atoms with van der Waals surface area (Å²) in [7, 11) is 0. The van der Waals surface area contributed by atoms with Crippen molar-refractivity contribution in [2.75, 3.05) is 6.54 Å². The molecule has 66 valence electrons. The largest absolute Gasteiger partial charge is 0.411 e. The van der Waals surface area contributed by atoms with E-state index in [0.717, 1.165) is 12.6 Å². The van der Waals surface area contributed by atoms with Crippen LogP contribution in [0.5, 0.6) is 0 Å². The Bertz CT molecular complexity index is 225. The highest BCUT2D eigenvalue weighted by Gasteiger charge is 2.25. The molecule has 1 saturated heterocycles. The summed E-state index contributed by atoms with van der Waals surface area (Å²) in [5, 5.41) is 13.4. The van der Waals surface area contributed by atoms with Gasteiger partial charge in [-0.15, -0.1) is 5.16 Å². The molecule has 1 aliphatic heterocycles. The fraction of sp³-hybridized carbons (Fsp3) is 0.571. The molecule has 0 spiro atoms. The van der Waals surface area contributed by atoms with Crippen LogP contribution < -0.4 is 5.32 Å². The first kappa shape index (κ1) is 8.70. The lowest BCUT2D eigenvalue weighted by Crippen LogP contribution is -2.32. The zero-order valence-electron chi connectivity index (χ0n) is 6.49. The minimum atomic E-state index is -0.586. The van der Waals surface area contributed by atoms with E-state index >= 15 is 0 Å². The first-order chi connectivity index (χ1) is 5.75. The molecule has 1 rings (SSSR count). The van der Waals surface area contributed by atoms with Gasteiger partial charge in [0.25, 0.3) is 5.91 Å². The molecule has 5 heteroatoms. The lowest BCUT2D eigenvalue weighted by molar-refractivity contribution is -0.138. The van der Waals surface area contributed by atoms with Gasteiger partial charge in [0.1, 0.15) is 0 Å². The number of Topliss-reactive ketones (excluding diaryl/α,β-unsaturated/α-hetero) is 1. The molecule has 1 unspecified atom stereocenters.